The molecule has 1 aromatic heterocycles. The fourth-order valence-corrected chi connectivity index (χ4v) is 6.17. The number of carbonyl (C=O) groups excluding carboxylic acids is 2. The molecule has 0 spiro atoms. The average Bonchev–Trinajstić information content (AvgIpc) is 3.65. The van der Waals surface area contributed by atoms with Gasteiger partial charge in [0.15, 0.2) is 16.5 Å². The van der Waals surface area contributed by atoms with Crippen molar-refractivity contribution in [3.05, 3.63) is 54.5 Å². The van der Waals surface area contributed by atoms with Crippen LogP contribution in [-0.4, -0.2) is 89.9 Å². The molecule has 2 aromatic carbocycles. The Labute approximate surface area is 255 Å². The maximum absolute atomic E-state index is 13.5. The van der Waals surface area contributed by atoms with Crippen molar-refractivity contribution in [2.24, 2.45) is 13.0 Å². The molecule has 2 aliphatic heterocycles. The van der Waals surface area contributed by atoms with Crippen molar-refractivity contribution in [1.29, 1.82) is 0 Å². The Morgan fingerprint density at radius 3 is 2.50 bits per heavy atom. The monoisotopic (exact) mass is 628 g/mol. The third-order valence-corrected chi connectivity index (χ3v) is 9.31. The molecular weight excluding hydrogens is 592 g/mol. The van der Waals surface area contributed by atoms with Crippen LogP contribution in [0.1, 0.15) is 19.4 Å². The maximum Gasteiger partial charge on any atom is 0.323 e. The number of aliphatic hydroxyl groups is 1. The quantitative estimate of drug-likeness (QED) is 0.339. The van der Waals surface area contributed by atoms with E-state index in [2.05, 4.69) is 15.6 Å². The van der Waals surface area contributed by atoms with Gasteiger partial charge >= 0.3 is 6.03 Å². The number of likely N-dealkylation sites (N-methyl/N-ethyl adjacent to an activating group) is 1. The van der Waals surface area contributed by atoms with Crippen LogP contribution in [0.5, 0.6) is 17.2 Å². The van der Waals surface area contributed by atoms with Gasteiger partial charge < -0.3 is 39.4 Å². The summed E-state index contributed by atoms with van der Waals surface area (Å²) < 4.78 is 46.3. The predicted octanol–water partition coefficient (Wildman–Crippen LogP) is 2.26. The summed E-state index contributed by atoms with van der Waals surface area (Å²) in [5.41, 5.74) is 1.42. The summed E-state index contributed by atoms with van der Waals surface area (Å²) in [6.45, 7) is 3.71. The maximum atomic E-state index is 13.5. The van der Waals surface area contributed by atoms with E-state index in [1.165, 1.54) is 23.9 Å². The number of ether oxygens (including phenoxy) is 3. The first-order valence-corrected chi connectivity index (χ1v) is 15.5. The molecule has 236 valence electrons. The van der Waals surface area contributed by atoms with Crippen LogP contribution in [0.3, 0.4) is 0 Å². The molecule has 0 fully saturated rings. The minimum absolute atomic E-state index is 0.0208. The van der Waals surface area contributed by atoms with Crippen LogP contribution in [0, 0.1) is 5.92 Å². The number of anilines is 2. The van der Waals surface area contributed by atoms with Crippen molar-refractivity contribution in [2.45, 2.75) is 37.4 Å². The van der Waals surface area contributed by atoms with E-state index in [0.717, 1.165) is 0 Å². The second-order valence-corrected chi connectivity index (χ2v) is 13.0. The SMILES string of the molecule is C[C@H]1CN([C@@H](C)CO)C(=O)Cc2cc(NC(=O)Nc3ccc4c(c3)OCO4)ccc2O[C@@H]1CN(C)S(=O)(=O)c1cn(C)cn1. The number of nitrogens with zero attached hydrogens (tertiary/aromatic N) is 4. The first-order valence-electron chi connectivity index (χ1n) is 14.1. The Kier molecular flexibility index (Phi) is 8.99. The molecule has 0 unspecified atom stereocenters. The van der Waals surface area contributed by atoms with E-state index >= 15 is 0 Å². The molecule has 3 heterocycles. The summed E-state index contributed by atoms with van der Waals surface area (Å²) in [4.78, 5) is 31.9. The van der Waals surface area contributed by atoms with Crippen LogP contribution in [0.4, 0.5) is 16.2 Å². The Hall–Kier alpha value is -4.34. The van der Waals surface area contributed by atoms with E-state index in [4.69, 9.17) is 14.2 Å². The number of aromatic nitrogens is 2. The lowest BCUT2D eigenvalue weighted by atomic mass is 10.0. The highest BCUT2D eigenvalue weighted by Crippen LogP contribution is 2.34. The number of amides is 3. The molecule has 5 rings (SSSR count). The standard InChI is InChI=1S/C29H36N6O8S/c1-18-12-35(19(2)15-36)28(37)10-20-9-21(31-29(38)32-22-6-8-24-25(11-22)42-17-41-24)5-7-23(20)43-26(18)13-34(4)44(39,40)27-14-33(3)16-30-27/h5-9,11,14,16,18-19,26,36H,10,12-13,15,17H2,1-4H3,(H2,31,32,38)/t18-,19-,26+/m0/s1. The number of sulfonamides is 1. The number of fused-ring (bicyclic) bond motifs is 2. The molecule has 3 N–H and O–H groups in total. The van der Waals surface area contributed by atoms with Crippen LogP contribution in [0.2, 0.25) is 0 Å². The van der Waals surface area contributed by atoms with Crippen molar-refractivity contribution in [3.63, 3.8) is 0 Å². The van der Waals surface area contributed by atoms with Gasteiger partial charge in [0.1, 0.15) is 11.9 Å². The number of imidazole rings is 1. The number of carbonyl (C=O) groups is 2. The topological polar surface area (TPSA) is 165 Å². The van der Waals surface area contributed by atoms with Crippen LogP contribution in [0.25, 0.3) is 0 Å². The Bertz CT molecular complexity index is 1640. The summed E-state index contributed by atoms with van der Waals surface area (Å²) in [6, 6.07) is 9.00. The van der Waals surface area contributed by atoms with Crippen molar-refractivity contribution in [1.82, 2.24) is 18.8 Å². The lowest BCUT2D eigenvalue weighted by Gasteiger charge is -2.33. The lowest BCUT2D eigenvalue weighted by Crippen LogP contribution is -2.48. The highest BCUT2D eigenvalue weighted by Gasteiger charge is 2.34. The number of rotatable bonds is 8. The first-order chi connectivity index (χ1) is 20.9. The van der Waals surface area contributed by atoms with Crippen LogP contribution in [-0.2, 0) is 28.3 Å². The molecule has 14 nitrogen and oxygen atoms in total. The van der Waals surface area contributed by atoms with Crippen LogP contribution >= 0.6 is 0 Å². The Morgan fingerprint density at radius 2 is 1.82 bits per heavy atom. The van der Waals surface area contributed by atoms with Crippen molar-refractivity contribution in [2.75, 3.05) is 44.2 Å². The molecule has 2 aliphatic rings. The minimum Gasteiger partial charge on any atom is -0.488 e. The molecule has 15 heteroatoms. The second kappa shape index (κ2) is 12.7. The molecule has 3 aromatic rings. The predicted molar refractivity (Wildman–Crippen MR) is 160 cm³/mol. The van der Waals surface area contributed by atoms with Crippen LogP contribution in [0.15, 0.2) is 53.9 Å². The zero-order valence-corrected chi connectivity index (χ0v) is 25.7. The van der Waals surface area contributed by atoms with E-state index in [9.17, 15) is 23.1 Å². The van der Waals surface area contributed by atoms with Gasteiger partial charge in [-0.1, -0.05) is 6.92 Å². The molecule has 0 saturated heterocycles. The molecule has 3 atom stereocenters. The van der Waals surface area contributed by atoms with Crippen LogP contribution < -0.4 is 24.8 Å². The summed E-state index contributed by atoms with van der Waals surface area (Å²) in [5.74, 6) is 0.959. The van der Waals surface area contributed by atoms with Gasteiger partial charge in [0, 0.05) is 55.8 Å². The Balaban J connectivity index is 1.38. The fraction of sp³-hybridized carbons (Fsp3) is 0.414. The first kappa shape index (κ1) is 31.1. The number of aryl methyl sites for hydroxylation is 1. The second-order valence-electron chi connectivity index (χ2n) is 11.0. The van der Waals surface area contributed by atoms with Crippen molar-refractivity contribution >= 4 is 33.3 Å². The van der Waals surface area contributed by atoms with E-state index in [1.54, 1.807) is 59.8 Å². The molecule has 0 radical (unpaired) electrons. The summed E-state index contributed by atoms with van der Waals surface area (Å²) in [7, 11) is -0.770. The van der Waals surface area contributed by atoms with Gasteiger partial charge in [0.2, 0.25) is 12.7 Å². The third-order valence-electron chi connectivity index (χ3n) is 7.60. The molecule has 0 aliphatic carbocycles. The smallest absolute Gasteiger partial charge is 0.323 e. The normalized spacial score (nSPS) is 19.0. The lowest BCUT2D eigenvalue weighted by molar-refractivity contribution is -0.134. The number of urea groups is 1. The summed E-state index contributed by atoms with van der Waals surface area (Å²) in [6.07, 6.45) is 2.12. The molecule has 44 heavy (non-hydrogen) atoms. The fourth-order valence-electron chi connectivity index (χ4n) is 5.03. The van der Waals surface area contributed by atoms with Crippen molar-refractivity contribution in [3.8, 4) is 17.2 Å². The molecular formula is C29H36N6O8S. The highest BCUT2D eigenvalue weighted by atomic mass is 32.2. The zero-order chi connectivity index (χ0) is 31.6. The number of nitrogens with one attached hydrogen (secondary N) is 2. The number of benzene rings is 2. The Morgan fingerprint density at radius 1 is 1.14 bits per heavy atom. The molecule has 0 saturated carbocycles. The van der Waals surface area contributed by atoms with Gasteiger partial charge in [-0.25, -0.2) is 18.2 Å². The third kappa shape index (κ3) is 6.74. The largest absolute Gasteiger partial charge is 0.488 e. The number of hydrogen-bond acceptors (Lipinski definition) is 9. The van der Waals surface area contributed by atoms with Crippen molar-refractivity contribution < 1.29 is 37.3 Å². The summed E-state index contributed by atoms with van der Waals surface area (Å²) >= 11 is 0. The van der Waals surface area contributed by atoms with Gasteiger partial charge in [0.05, 0.1) is 31.9 Å². The zero-order valence-electron chi connectivity index (χ0n) is 24.9. The number of aliphatic hydroxyl groups excluding tert-OH is 1. The molecule has 0 bridgehead atoms. The van der Waals surface area contributed by atoms with E-state index in [-0.39, 0.29) is 49.8 Å². The van der Waals surface area contributed by atoms with Gasteiger partial charge in [-0.2, -0.15) is 4.31 Å². The van der Waals surface area contributed by atoms with Gasteiger partial charge in [-0.05, 0) is 37.3 Å². The van der Waals surface area contributed by atoms with Gasteiger partial charge in [0.25, 0.3) is 10.0 Å². The van der Waals surface area contributed by atoms with Gasteiger partial charge in [-0.15, -0.1) is 0 Å². The number of hydrogen-bond donors (Lipinski definition) is 3. The van der Waals surface area contributed by atoms with E-state index < -0.39 is 28.2 Å². The minimum atomic E-state index is -3.91. The highest BCUT2D eigenvalue weighted by molar-refractivity contribution is 7.89. The van der Waals surface area contributed by atoms with E-state index in [0.29, 0.717) is 34.2 Å². The van der Waals surface area contributed by atoms with Gasteiger partial charge in [-0.3, -0.25) is 4.79 Å². The summed E-state index contributed by atoms with van der Waals surface area (Å²) in [5, 5.41) is 15.3. The molecule has 3 amide bonds. The average molecular weight is 629 g/mol. The van der Waals surface area contributed by atoms with E-state index in [1.807, 2.05) is 6.92 Å².